The van der Waals surface area contributed by atoms with Gasteiger partial charge in [0.25, 0.3) is 0 Å². The molecule has 8 unspecified atom stereocenters. The second kappa shape index (κ2) is 8.59. The maximum atomic E-state index is 13.7. The number of Topliss-reactive ketones (excluding diaryl/α,β-unsaturated/α-hetero) is 1. The first-order valence-corrected chi connectivity index (χ1v) is 12.1. The lowest BCUT2D eigenvalue weighted by Gasteiger charge is -2.67. The van der Waals surface area contributed by atoms with Crippen molar-refractivity contribution in [3.05, 3.63) is 24.3 Å². The Labute approximate surface area is 202 Å². The Morgan fingerprint density at radius 2 is 1.74 bits per heavy atom. The number of ketones is 1. The molecular formula is C27H40O7. The fourth-order valence-corrected chi connectivity index (χ4v) is 7.06. The molecule has 0 bridgehead atoms. The SMILES string of the molecule is C=CC1(C)CC(O)C2C(C)(O1)C(=O)CC1C(C)(C)C(OC(=O)C(C)=CC)CC(OC(C)=O)C21C. The van der Waals surface area contributed by atoms with Crippen molar-refractivity contribution in [3.63, 3.8) is 0 Å². The molecule has 1 saturated heterocycles. The normalized spacial score (nSPS) is 43.9. The Bertz CT molecular complexity index is 920. The highest BCUT2D eigenvalue weighted by molar-refractivity contribution is 5.90. The molecule has 8 atom stereocenters. The lowest BCUT2D eigenvalue weighted by molar-refractivity contribution is -0.295. The lowest BCUT2D eigenvalue weighted by atomic mass is 9.42. The Morgan fingerprint density at radius 3 is 2.26 bits per heavy atom. The Hall–Kier alpha value is -1.99. The van der Waals surface area contributed by atoms with Gasteiger partial charge < -0.3 is 19.3 Å². The molecule has 0 radical (unpaired) electrons. The third kappa shape index (κ3) is 3.95. The summed E-state index contributed by atoms with van der Waals surface area (Å²) in [6.07, 6.45) is 1.90. The van der Waals surface area contributed by atoms with Gasteiger partial charge in [0.2, 0.25) is 0 Å². The molecule has 1 N–H and O–H groups in total. The molecule has 2 aliphatic carbocycles. The van der Waals surface area contributed by atoms with E-state index in [4.69, 9.17) is 14.2 Å². The molecule has 7 nitrogen and oxygen atoms in total. The first-order valence-electron chi connectivity index (χ1n) is 12.1. The molecule has 34 heavy (non-hydrogen) atoms. The number of esters is 2. The first-order chi connectivity index (χ1) is 15.6. The fourth-order valence-electron chi connectivity index (χ4n) is 7.06. The van der Waals surface area contributed by atoms with Crippen molar-refractivity contribution in [2.24, 2.45) is 22.7 Å². The minimum Gasteiger partial charge on any atom is -0.462 e. The van der Waals surface area contributed by atoms with Crippen LogP contribution in [0.2, 0.25) is 0 Å². The molecule has 3 fully saturated rings. The van der Waals surface area contributed by atoms with Gasteiger partial charge in [-0.25, -0.2) is 4.79 Å². The highest BCUT2D eigenvalue weighted by Crippen LogP contribution is 2.65. The first kappa shape index (κ1) is 26.6. The number of allylic oxidation sites excluding steroid dienone is 1. The summed E-state index contributed by atoms with van der Waals surface area (Å²) in [6.45, 7) is 18.2. The van der Waals surface area contributed by atoms with Crippen molar-refractivity contribution in [2.45, 2.75) is 104 Å². The van der Waals surface area contributed by atoms with E-state index in [1.165, 1.54) is 6.92 Å². The van der Waals surface area contributed by atoms with Crippen LogP contribution in [0.25, 0.3) is 0 Å². The minimum absolute atomic E-state index is 0.113. The van der Waals surface area contributed by atoms with Crippen LogP contribution in [0.15, 0.2) is 24.3 Å². The van der Waals surface area contributed by atoms with Gasteiger partial charge in [-0.15, -0.1) is 6.58 Å². The molecule has 1 heterocycles. The van der Waals surface area contributed by atoms with Crippen molar-refractivity contribution in [3.8, 4) is 0 Å². The van der Waals surface area contributed by atoms with Gasteiger partial charge in [0.05, 0.1) is 11.7 Å². The minimum atomic E-state index is -1.27. The monoisotopic (exact) mass is 476 g/mol. The number of ether oxygens (including phenoxy) is 3. The third-order valence-electron chi connectivity index (χ3n) is 9.00. The highest BCUT2D eigenvalue weighted by atomic mass is 16.6. The van der Waals surface area contributed by atoms with Gasteiger partial charge in [0.1, 0.15) is 17.8 Å². The number of aliphatic hydroxyl groups excluding tert-OH is 1. The summed E-state index contributed by atoms with van der Waals surface area (Å²) in [5.74, 6) is -1.94. The maximum absolute atomic E-state index is 13.7. The maximum Gasteiger partial charge on any atom is 0.333 e. The second-order valence-corrected chi connectivity index (χ2v) is 11.5. The number of rotatable bonds is 4. The molecule has 3 aliphatic rings. The van der Waals surface area contributed by atoms with Crippen molar-refractivity contribution < 1.29 is 33.7 Å². The predicted octanol–water partition coefficient (Wildman–Crippen LogP) is 3.92. The zero-order chi connectivity index (χ0) is 25.9. The van der Waals surface area contributed by atoms with E-state index in [-0.39, 0.29) is 31.0 Å². The van der Waals surface area contributed by atoms with Crippen molar-refractivity contribution in [1.82, 2.24) is 0 Å². The molecule has 2 saturated carbocycles. The van der Waals surface area contributed by atoms with Gasteiger partial charge in [-0.3, -0.25) is 9.59 Å². The van der Waals surface area contributed by atoms with E-state index >= 15 is 0 Å². The van der Waals surface area contributed by atoms with Crippen LogP contribution in [0.3, 0.4) is 0 Å². The van der Waals surface area contributed by atoms with E-state index < -0.39 is 58.2 Å². The summed E-state index contributed by atoms with van der Waals surface area (Å²) < 4.78 is 18.2. The molecule has 0 aromatic rings. The average molecular weight is 477 g/mol. The van der Waals surface area contributed by atoms with Crippen LogP contribution in [0.1, 0.15) is 74.7 Å². The summed E-state index contributed by atoms with van der Waals surface area (Å²) in [6, 6.07) is 0. The fraction of sp³-hybridized carbons (Fsp3) is 0.741. The number of hydrogen-bond acceptors (Lipinski definition) is 7. The van der Waals surface area contributed by atoms with E-state index in [1.54, 1.807) is 32.9 Å². The van der Waals surface area contributed by atoms with Gasteiger partial charge in [-0.1, -0.05) is 32.9 Å². The molecule has 0 spiro atoms. The summed E-state index contributed by atoms with van der Waals surface area (Å²) in [4.78, 5) is 38.6. The molecule has 7 heteroatoms. The molecule has 1 aliphatic heterocycles. The van der Waals surface area contributed by atoms with Crippen molar-refractivity contribution in [2.75, 3.05) is 0 Å². The van der Waals surface area contributed by atoms with Gasteiger partial charge in [0.15, 0.2) is 5.78 Å². The van der Waals surface area contributed by atoms with Crippen molar-refractivity contribution >= 4 is 17.7 Å². The number of hydrogen-bond donors (Lipinski definition) is 1. The topological polar surface area (TPSA) is 99.1 Å². The smallest absolute Gasteiger partial charge is 0.333 e. The third-order valence-corrected chi connectivity index (χ3v) is 9.00. The Kier molecular flexibility index (Phi) is 6.73. The standard InChI is InChI=1S/C27H40O7/c1-10-15(3)23(31)33-20-13-21(32-16(4)28)26(8)18(24(20,5)6)12-19(30)27(9)22(26)17(29)14-25(7,11-2)34-27/h10-11,17-18,20-22,29H,2,12-14H2,1,3-9H3. The molecule has 0 aromatic heterocycles. The zero-order valence-corrected chi connectivity index (χ0v) is 21.8. The zero-order valence-electron chi connectivity index (χ0n) is 21.8. The van der Waals surface area contributed by atoms with Crippen molar-refractivity contribution in [1.29, 1.82) is 0 Å². The quantitative estimate of drug-likeness (QED) is 0.373. The number of fused-ring (bicyclic) bond motifs is 3. The number of carbonyl (C=O) groups is 3. The van der Waals surface area contributed by atoms with Gasteiger partial charge in [0, 0.05) is 48.5 Å². The molecule has 0 aromatic carbocycles. The van der Waals surface area contributed by atoms with E-state index in [1.807, 2.05) is 27.7 Å². The lowest BCUT2D eigenvalue weighted by Crippen LogP contribution is -2.74. The summed E-state index contributed by atoms with van der Waals surface area (Å²) in [5.41, 5.74) is -3.05. The number of carbonyl (C=O) groups excluding carboxylic acids is 3. The van der Waals surface area contributed by atoms with E-state index in [0.717, 1.165) is 0 Å². The van der Waals surface area contributed by atoms with Gasteiger partial charge in [-0.05, 0) is 33.6 Å². The molecule has 190 valence electrons. The molecule has 3 rings (SSSR count). The summed E-state index contributed by atoms with van der Waals surface area (Å²) in [5, 5.41) is 11.5. The summed E-state index contributed by atoms with van der Waals surface area (Å²) in [7, 11) is 0. The Morgan fingerprint density at radius 1 is 1.12 bits per heavy atom. The van der Waals surface area contributed by atoms with Crippen LogP contribution in [0.5, 0.6) is 0 Å². The van der Waals surface area contributed by atoms with Crippen LogP contribution in [0.4, 0.5) is 0 Å². The largest absolute Gasteiger partial charge is 0.462 e. The van der Waals surface area contributed by atoms with E-state index in [2.05, 4.69) is 6.58 Å². The summed E-state index contributed by atoms with van der Waals surface area (Å²) >= 11 is 0. The average Bonchev–Trinajstić information content (AvgIpc) is 2.72. The van der Waals surface area contributed by atoms with Crippen LogP contribution in [-0.2, 0) is 28.6 Å². The van der Waals surface area contributed by atoms with Crippen LogP contribution >= 0.6 is 0 Å². The van der Waals surface area contributed by atoms with E-state index in [0.29, 0.717) is 5.57 Å². The van der Waals surface area contributed by atoms with E-state index in [9.17, 15) is 19.5 Å². The molecule has 0 amide bonds. The van der Waals surface area contributed by atoms with Crippen LogP contribution in [0, 0.1) is 22.7 Å². The predicted molar refractivity (Wildman–Crippen MR) is 127 cm³/mol. The van der Waals surface area contributed by atoms with Gasteiger partial charge in [-0.2, -0.15) is 0 Å². The van der Waals surface area contributed by atoms with Gasteiger partial charge >= 0.3 is 11.9 Å². The molecular weight excluding hydrogens is 436 g/mol. The van der Waals surface area contributed by atoms with Crippen LogP contribution < -0.4 is 0 Å². The second-order valence-electron chi connectivity index (χ2n) is 11.5. The Balaban J connectivity index is 2.13. The number of aliphatic hydroxyl groups is 1. The van der Waals surface area contributed by atoms with Crippen LogP contribution in [-0.4, -0.2) is 52.3 Å². The highest BCUT2D eigenvalue weighted by Gasteiger charge is 2.72.